The van der Waals surface area contributed by atoms with E-state index in [0.29, 0.717) is 0 Å². The number of nitrogens with zero attached hydrogens (tertiary/aromatic N) is 1. The molecule has 0 saturated carbocycles. The summed E-state index contributed by atoms with van der Waals surface area (Å²) in [5, 5.41) is 3.20. The van der Waals surface area contributed by atoms with Gasteiger partial charge in [0.05, 0.1) is 0 Å². The van der Waals surface area contributed by atoms with Crippen molar-refractivity contribution in [3.8, 4) is 0 Å². The first-order chi connectivity index (χ1) is 9.20. The molecule has 2 rings (SSSR count). The van der Waals surface area contributed by atoms with Gasteiger partial charge in [-0.1, -0.05) is 0 Å². The van der Waals surface area contributed by atoms with Crippen LogP contribution in [0.5, 0.6) is 0 Å². The SMILES string of the molecule is CNCCC1CCN(C(=O)c2ccc(I)cc2)CC1.Cl. The van der Waals surface area contributed by atoms with Crippen LogP contribution in [-0.2, 0) is 0 Å². The molecule has 1 heterocycles. The lowest BCUT2D eigenvalue weighted by Crippen LogP contribution is -2.38. The molecule has 1 amide bonds. The van der Waals surface area contributed by atoms with Gasteiger partial charge in [0.15, 0.2) is 0 Å². The van der Waals surface area contributed by atoms with Crippen molar-refractivity contribution in [1.82, 2.24) is 10.2 Å². The van der Waals surface area contributed by atoms with Crippen LogP contribution in [0.1, 0.15) is 29.6 Å². The highest BCUT2D eigenvalue weighted by atomic mass is 127. The Morgan fingerprint density at radius 3 is 2.45 bits per heavy atom. The van der Waals surface area contributed by atoms with E-state index in [1.54, 1.807) is 0 Å². The van der Waals surface area contributed by atoms with Gasteiger partial charge in [-0.15, -0.1) is 12.4 Å². The molecule has 0 bridgehead atoms. The summed E-state index contributed by atoms with van der Waals surface area (Å²) in [5.41, 5.74) is 0.814. The van der Waals surface area contributed by atoms with Crippen molar-refractivity contribution in [2.24, 2.45) is 5.92 Å². The lowest BCUT2D eigenvalue weighted by Gasteiger charge is -2.32. The molecule has 112 valence electrons. The monoisotopic (exact) mass is 408 g/mol. The number of likely N-dealkylation sites (tertiary alicyclic amines) is 1. The molecule has 0 aliphatic carbocycles. The summed E-state index contributed by atoms with van der Waals surface area (Å²) >= 11 is 2.26. The molecule has 3 nitrogen and oxygen atoms in total. The van der Waals surface area contributed by atoms with E-state index in [2.05, 4.69) is 27.9 Å². The Labute approximate surface area is 141 Å². The first-order valence-corrected chi connectivity index (χ1v) is 7.98. The quantitative estimate of drug-likeness (QED) is 0.776. The van der Waals surface area contributed by atoms with Crippen LogP contribution in [0.15, 0.2) is 24.3 Å². The Hall–Kier alpha value is -0.330. The topological polar surface area (TPSA) is 32.3 Å². The van der Waals surface area contributed by atoms with Crippen molar-refractivity contribution in [1.29, 1.82) is 0 Å². The van der Waals surface area contributed by atoms with E-state index in [-0.39, 0.29) is 18.3 Å². The average Bonchev–Trinajstić information content (AvgIpc) is 2.46. The summed E-state index contributed by atoms with van der Waals surface area (Å²) in [6.07, 6.45) is 3.50. The predicted octanol–water partition coefficient (Wildman–Crippen LogP) is 3.17. The van der Waals surface area contributed by atoms with E-state index in [1.807, 2.05) is 36.2 Å². The first-order valence-electron chi connectivity index (χ1n) is 6.90. The number of carbonyl (C=O) groups is 1. The van der Waals surface area contributed by atoms with Crippen molar-refractivity contribution in [2.75, 3.05) is 26.7 Å². The molecule has 0 aromatic heterocycles. The lowest BCUT2D eigenvalue weighted by atomic mass is 9.93. The Kier molecular flexibility index (Phi) is 7.84. The molecule has 0 unspecified atom stereocenters. The fourth-order valence-electron chi connectivity index (χ4n) is 2.55. The maximum Gasteiger partial charge on any atom is 0.253 e. The van der Waals surface area contributed by atoms with Gasteiger partial charge >= 0.3 is 0 Å². The van der Waals surface area contributed by atoms with E-state index >= 15 is 0 Å². The minimum atomic E-state index is 0. The Balaban J connectivity index is 0.00000200. The second-order valence-corrected chi connectivity index (χ2v) is 6.38. The molecule has 1 aromatic carbocycles. The summed E-state index contributed by atoms with van der Waals surface area (Å²) < 4.78 is 1.17. The fourth-order valence-corrected chi connectivity index (χ4v) is 2.91. The van der Waals surface area contributed by atoms with Crippen LogP contribution >= 0.6 is 35.0 Å². The molecule has 20 heavy (non-hydrogen) atoms. The summed E-state index contributed by atoms with van der Waals surface area (Å²) in [7, 11) is 2.00. The third-order valence-corrected chi connectivity index (χ3v) is 4.51. The second-order valence-electron chi connectivity index (χ2n) is 5.13. The van der Waals surface area contributed by atoms with E-state index < -0.39 is 0 Å². The number of halogens is 2. The van der Waals surface area contributed by atoms with E-state index in [1.165, 1.54) is 9.99 Å². The highest BCUT2D eigenvalue weighted by Gasteiger charge is 2.23. The number of piperidine rings is 1. The number of hydrogen-bond acceptors (Lipinski definition) is 2. The molecule has 1 aliphatic rings. The molecular formula is C15H22ClIN2O. The van der Waals surface area contributed by atoms with Gasteiger partial charge in [-0.25, -0.2) is 0 Å². The van der Waals surface area contributed by atoms with Gasteiger partial charge in [0.25, 0.3) is 5.91 Å². The third kappa shape index (κ3) is 4.90. The summed E-state index contributed by atoms with van der Waals surface area (Å²) in [6, 6.07) is 7.84. The van der Waals surface area contributed by atoms with Crippen LogP contribution in [0.2, 0.25) is 0 Å². The molecule has 1 fully saturated rings. The van der Waals surface area contributed by atoms with Crippen LogP contribution in [0, 0.1) is 9.49 Å². The van der Waals surface area contributed by atoms with Gasteiger partial charge in [0.2, 0.25) is 0 Å². The van der Waals surface area contributed by atoms with Crippen molar-refractivity contribution in [3.63, 3.8) is 0 Å². The Morgan fingerprint density at radius 2 is 1.90 bits per heavy atom. The molecule has 1 N–H and O–H groups in total. The zero-order valence-corrected chi connectivity index (χ0v) is 14.7. The number of nitrogens with one attached hydrogen (secondary N) is 1. The first kappa shape index (κ1) is 17.7. The van der Waals surface area contributed by atoms with Gasteiger partial charge in [-0.2, -0.15) is 0 Å². The summed E-state index contributed by atoms with van der Waals surface area (Å²) in [5.74, 6) is 0.955. The number of benzene rings is 1. The van der Waals surface area contributed by atoms with Crippen molar-refractivity contribution in [2.45, 2.75) is 19.3 Å². The highest BCUT2D eigenvalue weighted by molar-refractivity contribution is 14.1. The Morgan fingerprint density at radius 1 is 1.30 bits per heavy atom. The van der Waals surface area contributed by atoms with Gasteiger partial charge in [0.1, 0.15) is 0 Å². The standard InChI is InChI=1S/C15H21IN2O.ClH/c1-17-9-6-12-7-10-18(11-8-12)15(19)13-2-4-14(16)5-3-13;/h2-5,12,17H,6-11H2,1H3;1H. The molecule has 0 atom stereocenters. The second kappa shape index (κ2) is 8.85. The lowest BCUT2D eigenvalue weighted by molar-refractivity contribution is 0.0687. The number of carbonyl (C=O) groups excluding carboxylic acids is 1. The zero-order chi connectivity index (χ0) is 13.7. The van der Waals surface area contributed by atoms with Crippen LogP contribution < -0.4 is 5.32 Å². The molecular weight excluding hydrogens is 387 g/mol. The van der Waals surface area contributed by atoms with Gasteiger partial charge in [-0.3, -0.25) is 4.79 Å². The van der Waals surface area contributed by atoms with Crippen LogP contribution in [0.25, 0.3) is 0 Å². The van der Waals surface area contributed by atoms with Crippen LogP contribution in [0.3, 0.4) is 0 Å². The predicted molar refractivity (Wildman–Crippen MR) is 93.6 cm³/mol. The number of hydrogen-bond donors (Lipinski definition) is 1. The number of amides is 1. The van der Waals surface area contributed by atoms with Crippen LogP contribution in [-0.4, -0.2) is 37.5 Å². The van der Waals surface area contributed by atoms with Gasteiger partial charge in [-0.05, 0) is 85.6 Å². The smallest absolute Gasteiger partial charge is 0.253 e. The van der Waals surface area contributed by atoms with Crippen molar-refractivity contribution < 1.29 is 4.79 Å². The van der Waals surface area contributed by atoms with Crippen LogP contribution in [0.4, 0.5) is 0 Å². The van der Waals surface area contributed by atoms with E-state index in [0.717, 1.165) is 44.0 Å². The normalized spacial score (nSPS) is 15.8. The maximum absolute atomic E-state index is 12.3. The summed E-state index contributed by atoms with van der Waals surface area (Å²) in [6.45, 7) is 2.88. The molecule has 0 radical (unpaired) electrons. The zero-order valence-electron chi connectivity index (χ0n) is 11.8. The molecule has 1 aromatic rings. The largest absolute Gasteiger partial charge is 0.339 e. The molecule has 1 aliphatic heterocycles. The maximum atomic E-state index is 12.3. The number of rotatable bonds is 4. The molecule has 5 heteroatoms. The minimum Gasteiger partial charge on any atom is -0.339 e. The van der Waals surface area contributed by atoms with Gasteiger partial charge in [0, 0.05) is 22.2 Å². The minimum absolute atomic E-state index is 0. The average molecular weight is 409 g/mol. The Bertz CT molecular complexity index is 416. The van der Waals surface area contributed by atoms with E-state index in [4.69, 9.17) is 0 Å². The molecule has 1 saturated heterocycles. The fraction of sp³-hybridized carbons (Fsp3) is 0.533. The van der Waals surface area contributed by atoms with Crippen molar-refractivity contribution >= 4 is 40.9 Å². The molecule has 0 spiro atoms. The summed E-state index contributed by atoms with van der Waals surface area (Å²) in [4.78, 5) is 14.3. The highest BCUT2D eigenvalue weighted by Crippen LogP contribution is 2.21. The van der Waals surface area contributed by atoms with E-state index in [9.17, 15) is 4.79 Å². The van der Waals surface area contributed by atoms with Crippen molar-refractivity contribution in [3.05, 3.63) is 33.4 Å². The third-order valence-electron chi connectivity index (χ3n) is 3.80. The van der Waals surface area contributed by atoms with Gasteiger partial charge < -0.3 is 10.2 Å².